The number of nitrogens with zero attached hydrogens (tertiary/aromatic N) is 2. The highest BCUT2D eigenvalue weighted by Crippen LogP contribution is 2.20. The lowest BCUT2D eigenvalue weighted by Gasteiger charge is -2.16. The molecule has 0 spiro atoms. The van der Waals surface area contributed by atoms with E-state index < -0.39 is 0 Å². The van der Waals surface area contributed by atoms with Crippen LogP contribution in [0.2, 0.25) is 0 Å². The molecule has 0 bridgehead atoms. The van der Waals surface area contributed by atoms with Gasteiger partial charge in [0.15, 0.2) is 0 Å². The van der Waals surface area contributed by atoms with Crippen molar-refractivity contribution in [2.24, 2.45) is 0 Å². The van der Waals surface area contributed by atoms with Crippen LogP contribution >= 0.6 is 0 Å². The minimum Gasteiger partial charge on any atom is -0.526 e. The molecule has 2 heterocycles. The van der Waals surface area contributed by atoms with E-state index in [1.54, 1.807) is 48.5 Å². The Bertz CT molecular complexity index is 805. The summed E-state index contributed by atoms with van der Waals surface area (Å²) in [5, 5.41) is 0. The zero-order chi connectivity index (χ0) is 20.1. The van der Waals surface area contributed by atoms with Crippen LogP contribution in [-0.2, 0) is 0 Å². The smallest absolute Gasteiger partial charge is 0.526 e. The molecule has 0 unspecified atom stereocenters. The number of benzene rings is 2. The first kappa shape index (κ1) is 19.4. The van der Waals surface area contributed by atoms with Crippen LogP contribution in [0.3, 0.4) is 0 Å². The Labute approximate surface area is 171 Å². The largest absolute Gasteiger partial charge is 0.658 e. The molecule has 0 atom stereocenters. The van der Waals surface area contributed by atoms with E-state index in [-0.39, 0.29) is 11.8 Å². The number of carbonyl (C=O) groups excluding carboxylic acids is 2. The Kier molecular flexibility index (Phi) is 6.03. The van der Waals surface area contributed by atoms with Crippen LogP contribution in [-0.4, -0.2) is 55.5 Å². The van der Waals surface area contributed by atoms with Crippen molar-refractivity contribution in [3.05, 3.63) is 59.7 Å². The van der Waals surface area contributed by atoms with Crippen LogP contribution in [0.1, 0.15) is 46.4 Å². The van der Waals surface area contributed by atoms with Gasteiger partial charge in [0.25, 0.3) is 11.8 Å². The molecule has 149 valence electrons. The lowest BCUT2D eigenvalue weighted by atomic mass is 10.1. The minimum absolute atomic E-state index is 0.0296. The van der Waals surface area contributed by atoms with Crippen molar-refractivity contribution in [3.63, 3.8) is 0 Å². The molecule has 2 fully saturated rings. The molecule has 7 heteroatoms. The average Bonchev–Trinajstić information content (AvgIpc) is 3.47. The molecular weight excluding hydrogens is 367 g/mol. The van der Waals surface area contributed by atoms with Crippen molar-refractivity contribution < 1.29 is 18.9 Å². The predicted molar refractivity (Wildman–Crippen MR) is 110 cm³/mol. The maximum atomic E-state index is 12.5. The lowest BCUT2D eigenvalue weighted by Crippen LogP contribution is -2.27. The molecule has 0 N–H and O–H groups in total. The molecule has 2 aromatic carbocycles. The summed E-state index contributed by atoms with van der Waals surface area (Å²) in [4.78, 5) is 28.7. The molecule has 1 radical (unpaired) electrons. The zero-order valence-corrected chi connectivity index (χ0v) is 16.4. The van der Waals surface area contributed by atoms with E-state index in [9.17, 15) is 9.59 Å². The molecule has 2 aliphatic heterocycles. The van der Waals surface area contributed by atoms with Crippen LogP contribution < -0.4 is 9.31 Å². The van der Waals surface area contributed by atoms with E-state index in [1.165, 1.54) is 7.69 Å². The van der Waals surface area contributed by atoms with E-state index >= 15 is 0 Å². The Morgan fingerprint density at radius 2 is 1.10 bits per heavy atom. The summed E-state index contributed by atoms with van der Waals surface area (Å²) in [6.07, 6.45) is 4.23. The van der Waals surface area contributed by atoms with E-state index in [1.807, 2.05) is 9.80 Å². The summed E-state index contributed by atoms with van der Waals surface area (Å²) in [5.74, 6) is 1.11. The molecule has 29 heavy (non-hydrogen) atoms. The number of likely N-dealkylation sites (tertiary alicyclic amines) is 2. The number of rotatable bonds is 6. The summed E-state index contributed by atoms with van der Waals surface area (Å²) < 4.78 is 11.1. The molecule has 0 aromatic heterocycles. The van der Waals surface area contributed by atoms with Gasteiger partial charge in [-0.15, -0.1) is 0 Å². The molecular formula is C22H24BN2O4. The van der Waals surface area contributed by atoms with Gasteiger partial charge in [-0.25, -0.2) is 0 Å². The highest BCUT2D eigenvalue weighted by molar-refractivity contribution is 6.20. The zero-order valence-electron chi connectivity index (χ0n) is 16.4. The number of hydrogen-bond donors (Lipinski definition) is 0. The number of amides is 2. The first-order valence-electron chi connectivity index (χ1n) is 10.1. The van der Waals surface area contributed by atoms with E-state index in [0.29, 0.717) is 22.6 Å². The maximum Gasteiger partial charge on any atom is 0.658 e. The fourth-order valence-corrected chi connectivity index (χ4v) is 3.75. The Morgan fingerprint density at radius 3 is 1.52 bits per heavy atom. The molecule has 2 amide bonds. The second-order valence-corrected chi connectivity index (χ2v) is 7.39. The van der Waals surface area contributed by atoms with Gasteiger partial charge >= 0.3 is 7.69 Å². The van der Waals surface area contributed by atoms with Crippen molar-refractivity contribution in [2.45, 2.75) is 25.7 Å². The Balaban J connectivity index is 1.33. The van der Waals surface area contributed by atoms with Crippen molar-refractivity contribution in [1.29, 1.82) is 0 Å². The highest BCUT2D eigenvalue weighted by Gasteiger charge is 2.21. The van der Waals surface area contributed by atoms with Crippen LogP contribution in [0.15, 0.2) is 48.5 Å². The third-order valence-corrected chi connectivity index (χ3v) is 5.32. The van der Waals surface area contributed by atoms with Gasteiger partial charge in [0.05, 0.1) is 0 Å². The topological polar surface area (TPSA) is 59.1 Å². The molecule has 4 rings (SSSR count). The first-order valence-corrected chi connectivity index (χ1v) is 10.1. The summed E-state index contributed by atoms with van der Waals surface area (Å²) in [7, 11) is 1.22. The second kappa shape index (κ2) is 9.03. The van der Waals surface area contributed by atoms with Gasteiger partial charge in [-0.2, -0.15) is 0 Å². The maximum absolute atomic E-state index is 12.5. The van der Waals surface area contributed by atoms with E-state index in [0.717, 1.165) is 51.9 Å². The predicted octanol–water partition coefficient (Wildman–Crippen LogP) is 3.15. The van der Waals surface area contributed by atoms with Crippen molar-refractivity contribution in [2.75, 3.05) is 26.2 Å². The molecule has 2 aliphatic rings. The quantitative estimate of drug-likeness (QED) is 0.710. The van der Waals surface area contributed by atoms with Gasteiger partial charge in [-0.1, -0.05) is 12.1 Å². The average molecular weight is 391 g/mol. The van der Waals surface area contributed by atoms with Crippen molar-refractivity contribution in [1.82, 2.24) is 9.80 Å². The van der Waals surface area contributed by atoms with E-state index in [4.69, 9.17) is 9.31 Å². The van der Waals surface area contributed by atoms with Crippen LogP contribution in [0.4, 0.5) is 0 Å². The Morgan fingerprint density at radius 1 is 0.690 bits per heavy atom. The monoisotopic (exact) mass is 391 g/mol. The number of carbonyl (C=O) groups is 2. The van der Waals surface area contributed by atoms with Gasteiger partial charge in [0.1, 0.15) is 11.5 Å². The van der Waals surface area contributed by atoms with Gasteiger partial charge in [0.2, 0.25) is 0 Å². The SMILES string of the molecule is O=C(c1cccc(O[B]Oc2cccc(C(=O)N3CCCC3)c2)c1)N1CCCC1. The molecule has 6 nitrogen and oxygen atoms in total. The summed E-state index contributed by atoms with van der Waals surface area (Å²) >= 11 is 0. The minimum atomic E-state index is 0.0296. The second-order valence-electron chi connectivity index (χ2n) is 7.39. The third kappa shape index (κ3) is 4.73. The standard InChI is InChI=1S/C22H24BN2O4/c26-21(24-11-1-2-12-24)17-7-5-9-19(15-17)28-23-29-20-10-6-8-18(16-20)22(27)25-13-3-4-14-25/h5-10,15-16H,1-4,11-14H2. The van der Waals surface area contributed by atoms with Gasteiger partial charge in [0, 0.05) is 37.3 Å². The molecule has 2 saturated heterocycles. The highest BCUT2D eigenvalue weighted by atomic mass is 16.6. The van der Waals surface area contributed by atoms with E-state index in [2.05, 4.69) is 0 Å². The van der Waals surface area contributed by atoms with Gasteiger partial charge in [-0.05, 0) is 62.1 Å². The fourth-order valence-electron chi connectivity index (χ4n) is 3.75. The molecule has 0 aliphatic carbocycles. The lowest BCUT2D eigenvalue weighted by molar-refractivity contribution is 0.0785. The normalized spacial score (nSPS) is 16.0. The fraction of sp³-hybridized carbons (Fsp3) is 0.364. The van der Waals surface area contributed by atoms with Crippen molar-refractivity contribution >= 4 is 19.5 Å². The number of hydrogen-bond acceptors (Lipinski definition) is 4. The summed E-state index contributed by atoms with van der Waals surface area (Å²) in [6, 6.07) is 14.1. The van der Waals surface area contributed by atoms with Crippen LogP contribution in [0, 0.1) is 0 Å². The third-order valence-electron chi connectivity index (χ3n) is 5.32. The first-order chi connectivity index (χ1) is 14.2. The summed E-state index contributed by atoms with van der Waals surface area (Å²) in [6.45, 7) is 3.24. The van der Waals surface area contributed by atoms with Crippen LogP contribution in [0.5, 0.6) is 11.5 Å². The van der Waals surface area contributed by atoms with Gasteiger partial charge < -0.3 is 19.1 Å². The molecule has 0 saturated carbocycles. The van der Waals surface area contributed by atoms with Gasteiger partial charge in [-0.3, -0.25) is 9.59 Å². The van der Waals surface area contributed by atoms with Crippen LogP contribution in [0.25, 0.3) is 0 Å². The summed E-state index contributed by atoms with van der Waals surface area (Å²) in [5.41, 5.74) is 1.21. The Hall–Kier alpha value is -2.96. The molecule has 2 aromatic rings. The van der Waals surface area contributed by atoms with Crippen molar-refractivity contribution in [3.8, 4) is 11.5 Å².